The zero-order chi connectivity index (χ0) is 20.4. The minimum Gasteiger partial charge on any atom is -0.372 e. The Morgan fingerprint density at radius 2 is 1.79 bits per heavy atom. The molecule has 1 aliphatic heterocycles. The molecule has 1 aromatic carbocycles. The number of aryl methyl sites for hydroxylation is 2. The van der Waals surface area contributed by atoms with Crippen molar-refractivity contribution in [1.29, 1.82) is 0 Å². The third-order valence-corrected chi connectivity index (χ3v) is 6.71. The Morgan fingerprint density at radius 1 is 1.10 bits per heavy atom. The molecule has 1 saturated heterocycles. The van der Waals surface area contributed by atoms with Gasteiger partial charge in [-0.1, -0.05) is 12.8 Å². The van der Waals surface area contributed by atoms with Gasteiger partial charge in [-0.3, -0.25) is 14.2 Å². The van der Waals surface area contributed by atoms with Gasteiger partial charge in [0.2, 0.25) is 5.91 Å². The molecule has 7 heteroatoms. The van der Waals surface area contributed by atoms with Gasteiger partial charge in [0.15, 0.2) is 0 Å². The maximum Gasteiger partial charge on any atom is 0.262 e. The van der Waals surface area contributed by atoms with Crippen LogP contribution in [0.1, 0.15) is 36.1 Å². The summed E-state index contributed by atoms with van der Waals surface area (Å²) in [6, 6.07) is 7.96. The Kier molecular flexibility index (Phi) is 5.67. The average molecular weight is 411 g/mol. The lowest BCUT2D eigenvalue weighted by atomic mass is 10.2. The number of aromatic nitrogens is 2. The highest BCUT2D eigenvalue weighted by molar-refractivity contribution is 7.18. The third-order valence-electron chi connectivity index (χ3n) is 5.59. The van der Waals surface area contributed by atoms with Crippen LogP contribution < -0.4 is 15.8 Å². The van der Waals surface area contributed by atoms with Gasteiger partial charge in [0.1, 0.15) is 11.4 Å². The number of anilines is 2. The lowest BCUT2D eigenvalue weighted by Gasteiger charge is -2.22. The molecular weight excluding hydrogens is 384 g/mol. The summed E-state index contributed by atoms with van der Waals surface area (Å²) < 4.78 is 1.38. The number of hydrogen-bond donors (Lipinski definition) is 1. The van der Waals surface area contributed by atoms with Crippen LogP contribution in [0.4, 0.5) is 11.4 Å². The number of nitrogens with one attached hydrogen (secondary N) is 1. The van der Waals surface area contributed by atoms with E-state index >= 15 is 0 Å². The topological polar surface area (TPSA) is 67.2 Å². The number of nitrogens with zero attached hydrogens (tertiary/aromatic N) is 3. The van der Waals surface area contributed by atoms with Gasteiger partial charge in [-0.15, -0.1) is 11.3 Å². The molecule has 0 spiro atoms. The number of amides is 1. The SMILES string of the molecule is Cc1sc2ncn(CC(=O)Nc3ccc(N4CCCCCC4)cc3)c(=O)c2c1C. The van der Waals surface area contributed by atoms with E-state index < -0.39 is 0 Å². The van der Waals surface area contributed by atoms with Gasteiger partial charge < -0.3 is 10.2 Å². The van der Waals surface area contributed by atoms with Crippen molar-refractivity contribution < 1.29 is 4.79 Å². The van der Waals surface area contributed by atoms with E-state index in [1.54, 1.807) is 0 Å². The highest BCUT2D eigenvalue weighted by Gasteiger charge is 2.14. The van der Waals surface area contributed by atoms with Gasteiger partial charge in [0, 0.05) is 29.3 Å². The van der Waals surface area contributed by atoms with E-state index in [2.05, 4.69) is 27.3 Å². The van der Waals surface area contributed by atoms with Gasteiger partial charge in [0.05, 0.1) is 11.7 Å². The van der Waals surface area contributed by atoms with Crippen LogP contribution in [-0.2, 0) is 11.3 Å². The predicted octanol–water partition coefficient (Wildman–Crippen LogP) is 4.09. The van der Waals surface area contributed by atoms with Gasteiger partial charge in [-0.25, -0.2) is 4.98 Å². The van der Waals surface area contributed by atoms with E-state index in [1.165, 1.54) is 53.6 Å². The van der Waals surface area contributed by atoms with Crippen molar-refractivity contribution in [2.24, 2.45) is 0 Å². The van der Waals surface area contributed by atoms with Crippen molar-refractivity contribution in [2.75, 3.05) is 23.3 Å². The van der Waals surface area contributed by atoms with Gasteiger partial charge in [-0.2, -0.15) is 0 Å². The molecule has 0 unspecified atom stereocenters. The van der Waals surface area contributed by atoms with Gasteiger partial charge >= 0.3 is 0 Å². The summed E-state index contributed by atoms with van der Waals surface area (Å²) in [5.74, 6) is -0.236. The molecule has 0 saturated carbocycles. The first kappa shape index (κ1) is 19.6. The van der Waals surface area contributed by atoms with E-state index in [1.807, 2.05) is 26.0 Å². The molecule has 3 aromatic rings. The highest BCUT2D eigenvalue weighted by Crippen LogP contribution is 2.25. The van der Waals surface area contributed by atoms with E-state index in [-0.39, 0.29) is 18.0 Å². The predicted molar refractivity (Wildman–Crippen MR) is 119 cm³/mol. The van der Waals surface area contributed by atoms with Crippen LogP contribution in [0.2, 0.25) is 0 Å². The Bertz CT molecular complexity index is 1080. The quantitative estimate of drug-likeness (QED) is 0.703. The fourth-order valence-electron chi connectivity index (χ4n) is 3.82. The number of carbonyl (C=O) groups excluding carboxylic acids is 1. The van der Waals surface area contributed by atoms with Crippen molar-refractivity contribution >= 4 is 38.8 Å². The second kappa shape index (κ2) is 8.37. The van der Waals surface area contributed by atoms with E-state index in [4.69, 9.17) is 0 Å². The second-order valence-corrected chi connectivity index (χ2v) is 8.84. The van der Waals surface area contributed by atoms with Crippen LogP contribution in [0.15, 0.2) is 35.4 Å². The molecule has 6 nitrogen and oxygen atoms in total. The number of fused-ring (bicyclic) bond motifs is 1. The first-order valence-electron chi connectivity index (χ1n) is 10.1. The molecule has 3 heterocycles. The molecule has 0 radical (unpaired) electrons. The van der Waals surface area contributed by atoms with Crippen molar-refractivity contribution in [2.45, 2.75) is 46.1 Å². The van der Waals surface area contributed by atoms with Crippen LogP contribution in [0, 0.1) is 13.8 Å². The monoisotopic (exact) mass is 410 g/mol. The summed E-state index contributed by atoms with van der Waals surface area (Å²) in [5, 5.41) is 3.50. The van der Waals surface area contributed by atoms with E-state index in [0.717, 1.165) is 34.0 Å². The minimum absolute atomic E-state index is 0.0516. The number of hydrogen-bond acceptors (Lipinski definition) is 5. The summed E-state index contributed by atoms with van der Waals surface area (Å²) in [4.78, 5) is 33.8. The third kappa shape index (κ3) is 4.19. The molecule has 29 heavy (non-hydrogen) atoms. The molecule has 1 amide bonds. The van der Waals surface area contributed by atoms with Crippen LogP contribution in [0.5, 0.6) is 0 Å². The fourth-order valence-corrected chi connectivity index (χ4v) is 4.81. The maximum atomic E-state index is 12.7. The lowest BCUT2D eigenvalue weighted by molar-refractivity contribution is -0.116. The summed E-state index contributed by atoms with van der Waals surface area (Å²) >= 11 is 1.51. The molecule has 0 atom stereocenters. The Labute approximate surface area is 174 Å². The Balaban J connectivity index is 1.44. The molecular formula is C22H26N4O2S. The van der Waals surface area contributed by atoms with Crippen LogP contribution in [0.25, 0.3) is 10.2 Å². The number of rotatable bonds is 4. The number of carbonyl (C=O) groups is 1. The smallest absolute Gasteiger partial charge is 0.262 e. The van der Waals surface area contributed by atoms with E-state index in [9.17, 15) is 9.59 Å². The standard InChI is InChI=1S/C22H26N4O2S/c1-15-16(2)29-21-20(15)22(28)26(14-23-21)13-19(27)24-17-7-9-18(10-8-17)25-11-5-3-4-6-12-25/h7-10,14H,3-6,11-13H2,1-2H3,(H,24,27). The summed E-state index contributed by atoms with van der Waals surface area (Å²) in [6.45, 7) is 6.03. The van der Waals surface area contributed by atoms with Crippen molar-refractivity contribution in [3.05, 3.63) is 51.4 Å². The van der Waals surface area contributed by atoms with Crippen molar-refractivity contribution in [3.63, 3.8) is 0 Å². The van der Waals surface area contributed by atoms with Gasteiger partial charge in [0.25, 0.3) is 5.56 Å². The van der Waals surface area contributed by atoms with Crippen molar-refractivity contribution in [3.8, 4) is 0 Å². The molecule has 4 rings (SSSR count). The normalized spacial score (nSPS) is 14.8. The molecule has 0 bridgehead atoms. The largest absolute Gasteiger partial charge is 0.372 e. The van der Waals surface area contributed by atoms with Crippen LogP contribution >= 0.6 is 11.3 Å². The zero-order valence-electron chi connectivity index (χ0n) is 16.9. The summed E-state index contributed by atoms with van der Waals surface area (Å²) in [6.07, 6.45) is 6.52. The summed E-state index contributed by atoms with van der Waals surface area (Å²) in [5.41, 5.74) is 2.71. The zero-order valence-corrected chi connectivity index (χ0v) is 17.7. The molecule has 0 aliphatic carbocycles. The number of thiophene rings is 1. The van der Waals surface area contributed by atoms with Crippen LogP contribution in [0.3, 0.4) is 0 Å². The Hall–Kier alpha value is -2.67. The average Bonchev–Trinajstić information content (AvgIpc) is 2.89. The summed E-state index contributed by atoms with van der Waals surface area (Å²) in [7, 11) is 0. The minimum atomic E-state index is -0.236. The maximum absolute atomic E-state index is 12.7. The lowest BCUT2D eigenvalue weighted by Crippen LogP contribution is -2.28. The molecule has 1 fully saturated rings. The van der Waals surface area contributed by atoms with E-state index in [0.29, 0.717) is 5.39 Å². The van der Waals surface area contributed by atoms with Gasteiger partial charge in [-0.05, 0) is 56.5 Å². The fraction of sp³-hybridized carbons (Fsp3) is 0.409. The molecule has 2 aromatic heterocycles. The molecule has 152 valence electrons. The first-order chi connectivity index (χ1) is 14.0. The molecule has 1 aliphatic rings. The second-order valence-electron chi connectivity index (χ2n) is 7.64. The number of benzene rings is 1. The van der Waals surface area contributed by atoms with Crippen molar-refractivity contribution in [1.82, 2.24) is 9.55 Å². The first-order valence-corrected chi connectivity index (χ1v) is 10.9. The highest BCUT2D eigenvalue weighted by atomic mass is 32.1. The van der Waals surface area contributed by atoms with Crippen LogP contribution in [-0.4, -0.2) is 28.5 Å². The Morgan fingerprint density at radius 3 is 2.48 bits per heavy atom. The molecule has 1 N–H and O–H groups in total.